The minimum Gasteiger partial charge on any atom is -0.349 e. The van der Waals surface area contributed by atoms with Crippen molar-refractivity contribution in [2.24, 2.45) is 11.8 Å². The second kappa shape index (κ2) is 6.90. The Morgan fingerprint density at radius 2 is 2.12 bits per heavy atom. The van der Waals surface area contributed by atoms with Gasteiger partial charge in [-0.2, -0.15) is 0 Å². The maximum atomic E-state index is 13.8. The molecule has 2 aromatic rings. The molecule has 0 radical (unpaired) electrons. The van der Waals surface area contributed by atoms with Crippen LogP contribution in [0, 0.1) is 23.5 Å². The van der Waals surface area contributed by atoms with Gasteiger partial charge in [0.2, 0.25) is 0 Å². The van der Waals surface area contributed by atoms with Crippen LogP contribution >= 0.6 is 0 Å². The fourth-order valence-electron chi connectivity index (χ4n) is 2.74. The lowest BCUT2D eigenvalue weighted by Gasteiger charge is -2.17. The van der Waals surface area contributed by atoms with Crippen LogP contribution in [0.4, 0.5) is 8.78 Å². The van der Waals surface area contributed by atoms with E-state index in [1.54, 1.807) is 0 Å². The molecule has 24 heavy (non-hydrogen) atoms. The summed E-state index contributed by atoms with van der Waals surface area (Å²) in [5.41, 5.74) is 0.0380. The average molecular weight is 333 g/mol. The Balaban J connectivity index is 1.64. The van der Waals surface area contributed by atoms with Gasteiger partial charge < -0.3 is 10.3 Å². The number of aromatic amines is 1. The fraction of sp³-hybridized carbons (Fsp3) is 0.353. The molecule has 0 spiro atoms. The van der Waals surface area contributed by atoms with Crippen molar-refractivity contribution < 1.29 is 13.6 Å². The molecule has 3 rings (SSSR count). The predicted octanol–water partition coefficient (Wildman–Crippen LogP) is 2.05. The van der Waals surface area contributed by atoms with Crippen LogP contribution in [0.1, 0.15) is 29.0 Å². The smallest absolute Gasteiger partial charge is 0.287 e. The summed E-state index contributed by atoms with van der Waals surface area (Å²) in [6.07, 6.45) is 3.75. The number of carbonyl (C=O) groups excluding carboxylic acids is 1. The third-order valence-electron chi connectivity index (χ3n) is 4.20. The fourth-order valence-corrected chi connectivity index (χ4v) is 2.74. The van der Waals surface area contributed by atoms with Crippen molar-refractivity contribution in [2.45, 2.75) is 19.3 Å². The van der Waals surface area contributed by atoms with E-state index < -0.39 is 23.1 Å². The molecule has 1 aliphatic carbocycles. The number of carbonyl (C=O) groups is 1. The van der Waals surface area contributed by atoms with Gasteiger partial charge in [0.05, 0.1) is 0 Å². The summed E-state index contributed by atoms with van der Waals surface area (Å²) < 4.78 is 26.8. The van der Waals surface area contributed by atoms with Crippen LogP contribution in [0.2, 0.25) is 0 Å². The summed E-state index contributed by atoms with van der Waals surface area (Å²) in [6.45, 7) is 0.346. The van der Waals surface area contributed by atoms with Crippen molar-refractivity contribution in [1.29, 1.82) is 0 Å². The van der Waals surface area contributed by atoms with Gasteiger partial charge >= 0.3 is 0 Å². The first-order valence-corrected chi connectivity index (χ1v) is 7.80. The van der Waals surface area contributed by atoms with Gasteiger partial charge in [0, 0.05) is 24.9 Å². The first-order chi connectivity index (χ1) is 11.5. The number of nitrogens with one attached hydrogen (secondary N) is 2. The number of hydrogen-bond acceptors (Lipinski definition) is 3. The van der Waals surface area contributed by atoms with Gasteiger partial charge in [-0.25, -0.2) is 13.8 Å². The van der Waals surface area contributed by atoms with E-state index >= 15 is 0 Å². The van der Waals surface area contributed by atoms with Gasteiger partial charge in [-0.3, -0.25) is 9.59 Å². The van der Waals surface area contributed by atoms with Crippen LogP contribution in [0.3, 0.4) is 0 Å². The molecule has 1 fully saturated rings. The molecule has 0 aliphatic heterocycles. The number of rotatable bonds is 6. The van der Waals surface area contributed by atoms with Crippen LogP contribution in [-0.4, -0.2) is 22.4 Å². The highest BCUT2D eigenvalue weighted by Gasteiger charge is 2.32. The molecule has 0 bridgehead atoms. The standard InChI is InChI=1S/C17H17F2N3O2/c18-13-4-3-11(14(19)8-13)7-12(10-1-2-10)9-21-17(24)16-20-6-5-15(23)22-16/h3-6,8,10,12H,1-2,7,9H2,(H,21,24)(H,20,22,23)/t12-/m0/s1. The second-order valence-electron chi connectivity index (χ2n) is 6.03. The number of amides is 1. The zero-order valence-electron chi connectivity index (χ0n) is 12.9. The van der Waals surface area contributed by atoms with Crippen LogP contribution in [-0.2, 0) is 6.42 Å². The first kappa shape index (κ1) is 16.3. The molecule has 1 amide bonds. The molecule has 7 heteroatoms. The average Bonchev–Trinajstić information content (AvgIpc) is 3.38. The second-order valence-corrected chi connectivity index (χ2v) is 6.03. The topological polar surface area (TPSA) is 74.8 Å². The number of halogens is 2. The summed E-state index contributed by atoms with van der Waals surface area (Å²) >= 11 is 0. The molecule has 126 valence electrons. The summed E-state index contributed by atoms with van der Waals surface area (Å²) in [5.74, 6) is -1.22. The molecular formula is C17H17F2N3O2. The maximum absolute atomic E-state index is 13.8. The first-order valence-electron chi connectivity index (χ1n) is 7.80. The molecule has 0 saturated heterocycles. The zero-order chi connectivity index (χ0) is 17.1. The van der Waals surface area contributed by atoms with E-state index in [9.17, 15) is 18.4 Å². The van der Waals surface area contributed by atoms with Crippen molar-refractivity contribution in [3.63, 3.8) is 0 Å². The predicted molar refractivity (Wildman–Crippen MR) is 83.5 cm³/mol. The minimum atomic E-state index is -0.605. The van der Waals surface area contributed by atoms with Gasteiger partial charge in [-0.05, 0) is 42.7 Å². The Kier molecular flexibility index (Phi) is 4.69. The van der Waals surface area contributed by atoms with E-state index in [1.807, 2.05) is 0 Å². The van der Waals surface area contributed by atoms with Crippen molar-refractivity contribution >= 4 is 5.91 Å². The van der Waals surface area contributed by atoms with Gasteiger partial charge in [-0.15, -0.1) is 0 Å². The summed E-state index contributed by atoms with van der Waals surface area (Å²) in [7, 11) is 0. The lowest BCUT2D eigenvalue weighted by molar-refractivity contribution is 0.0934. The number of hydrogen-bond donors (Lipinski definition) is 2. The van der Waals surface area contributed by atoms with Gasteiger partial charge in [0.1, 0.15) is 11.6 Å². The van der Waals surface area contributed by atoms with E-state index in [-0.39, 0.29) is 11.7 Å². The molecule has 2 N–H and O–H groups in total. The third kappa shape index (κ3) is 4.04. The molecule has 5 nitrogen and oxygen atoms in total. The molecule has 1 saturated carbocycles. The van der Waals surface area contributed by atoms with Crippen LogP contribution in [0.15, 0.2) is 35.3 Å². The van der Waals surface area contributed by atoms with Gasteiger partial charge in [0.25, 0.3) is 11.5 Å². The van der Waals surface area contributed by atoms with Gasteiger partial charge in [-0.1, -0.05) is 6.07 Å². The van der Waals surface area contributed by atoms with Crippen LogP contribution < -0.4 is 10.9 Å². The Bertz CT molecular complexity index is 802. The highest BCUT2D eigenvalue weighted by atomic mass is 19.1. The van der Waals surface area contributed by atoms with Crippen molar-refractivity contribution in [1.82, 2.24) is 15.3 Å². The molecule has 1 aromatic carbocycles. The largest absolute Gasteiger partial charge is 0.349 e. The minimum absolute atomic E-state index is 0.0509. The Morgan fingerprint density at radius 3 is 2.79 bits per heavy atom. The quantitative estimate of drug-likeness (QED) is 0.849. The monoisotopic (exact) mass is 333 g/mol. The SMILES string of the molecule is O=C(NC[C@H](Cc1ccc(F)cc1F)C1CC1)c1nccc(=O)[nH]1. The number of nitrogens with zero attached hydrogens (tertiary/aromatic N) is 1. The number of aromatic nitrogens is 2. The Labute approximate surface area is 137 Å². The van der Waals surface area contributed by atoms with E-state index in [0.717, 1.165) is 18.9 Å². The van der Waals surface area contributed by atoms with E-state index in [1.165, 1.54) is 24.4 Å². The van der Waals surface area contributed by atoms with Crippen molar-refractivity contribution in [2.75, 3.05) is 6.54 Å². The Morgan fingerprint density at radius 1 is 1.33 bits per heavy atom. The molecular weight excluding hydrogens is 316 g/mol. The van der Waals surface area contributed by atoms with E-state index in [0.29, 0.717) is 24.4 Å². The van der Waals surface area contributed by atoms with E-state index in [4.69, 9.17) is 0 Å². The summed E-state index contributed by atoms with van der Waals surface area (Å²) in [5, 5.41) is 2.73. The molecule has 1 heterocycles. The van der Waals surface area contributed by atoms with Crippen LogP contribution in [0.5, 0.6) is 0 Å². The van der Waals surface area contributed by atoms with Crippen molar-refractivity contribution in [3.05, 3.63) is 63.8 Å². The molecule has 1 atom stereocenters. The zero-order valence-corrected chi connectivity index (χ0v) is 12.9. The lowest BCUT2D eigenvalue weighted by Crippen LogP contribution is -2.33. The summed E-state index contributed by atoms with van der Waals surface area (Å²) in [4.78, 5) is 29.4. The van der Waals surface area contributed by atoms with Crippen molar-refractivity contribution in [3.8, 4) is 0 Å². The maximum Gasteiger partial charge on any atom is 0.287 e. The van der Waals surface area contributed by atoms with Crippen LogP contribution in [0.25, 0.3) is 0 Å². The molecule has 0 unspecified atom stereocenters. The molecule has 1 aromatic heterocycles. The Hall–Kier alpha value is -2.57. The highest BCUT2D eigenvalue weighted by Crippen LogP contribution is 2.38. The third-order valence-corrected chi connectivity index (χ3v) is 4.20. The van der Waals surface area contributed by atoms with E-state index in [2.05, 4.69) is 15.3 Å². The number of benzene rings is 1. The normalized spacial score (nSPS) is 15.1. The lowest BCUT2D eigenvalue weighted by atomic mass is 9.94. The number of H-pyrrole nitrogens is 1. The van der Waals surface area contributed by atoms with Gasteiger partial charge in [0.15, 0.2) is 5.82 Å². The summed E-state index contributed by atoms with van der Waals surface area (Å²) in [6, 6.07) is 4.77. The highest BCUT2D eigenvalue weighted by molar-refractivity contribution is 5.90. The molecule has 1 aliphatic rings.